The Hall–Kier alpha value is -2.36. The smallest absolute Gasteiger partial charge is 0.286 e. The monoisotopic (exact) mass is 242 g/mol. The van der Waals surface area contributed by atoms with Crippen molar-refractivity contribution in [3.05, 3.63) is 57.6 Å². The fraction of sp³-hybridized carbons (Fsp3) is 0.143. The molecular weight excluding hydrogens is 228 g/mol. The van der Waals surface area contributed by atoms with Crippen LogP contribution in [0, 0.1) is 10.1 Å². The molecule has 4 nitrogen and oxygen atoms in total. The molecule has 0 saturated carbocycles. The molecule has 0 aliphatic rings. The summed E-state index contributed by atoms with van der Waals surface area (Å²) in [6.07, 6.45) is 0. The summed E-state index contributed by atoms with van der Waals surface area (Å²) < 4.78 is 0. The molecule has 0 aliphatic heterocycles. The highest BCUT2D eigenvalue weighted by atomic mass is 16.6. The standard InChI is InChI=1S/C14H14N2O2/c1-9(2)13(15)12-8-7-10-5-3-4-6-11(10)14(12)16(17)18/h3-8H,15H2,1-2H3. The predicted octanol–water partition coefficient (Wildman–Crippen LogP) is 3.46. The first-order valence-electron chi connectivity index (χ1n) is 5.62. The number of fused-ring (bicyclic) bond motifs is 1. The summed E-state index contributed by atoms with van der Waals surface area (Å²) in [6.45, 7) is 3.68. The van der Waals surface area contributed by atoms with Gasteiger partial charge in [-0.15, -0.1) is 0 Å². The molecule has 4 heteroatoms. The third-order valence-corrected chi connectivity index (χ3v) is 2.91. The van der Waals surface area contributed by atoms with Crippen molar-refractivity contribution >= 4 is 22.2 Å². The molecule has 2 aromatic rings. The zero-order valence-corrected chi connectivity index (χ0v) is 10.3. The number of hydrogen-bond donors (Lipinski definition) is 1. The average Bonchev–Trinajstić information content (AvgIpc) is 2.36. The fourth-order valence-corrected chi connectivity index (χ4v) is 1.94. The van der Waals surface area contributed by atoms with E-state index < -0.39 is 0 Å². The van der Waals surface area contributed by atoms with E-state index in [2.05, 4.69) is 0 Å². The van der Waals surface area contributed by atoms with Gasteiger partial charge in [0.15, 0.2) is 0 Å². The van der Waals surface area contributed by atoms with Crippen LogP contribution < -0.4 is 5.73 Å². The van der Waals surface area contributed by atoms with E-state index in [-0.39, 0.29) is 10.6 Å². The molecule has 2 rings (SSSR count). The number of nitro groups is 1. The lowest BCUT2D eigenvalue weighted by atomic mass is 10.0. The largest absolute Gasteiger partial charge is 0.398 e. The van der Waals surface area contributed by atoms with E-state index in [4.69, 9.17) is 5.73 Å². The van der Waals surface area contributed by atoms with Gasteiger partial charge in [0.25, 0.3) is 5.69 Å². The normalized spacial score (nSPS) is 10.3. The highest BCUT2D eigenvalue weighted by Gasteiger charge is 2.19. The lowest BCUT2D eigenvalue weighted by molar-refractivity contribution is -0.383. The van der Waals surface area contributed by atoms with Gasteiger partial charge in [-0.2, -0.15) is 0 Å². The van der Waals surface area contributed by atoms with Crippen LogP contribution in [-0.2, 0) is 0 Å². The van der Waals surface area contributed by atoms with Crippen LogP contribution in [0.1, 0.15) is 19.4 Å². The fourth-order valence-electron chi connectivity index (χ4n) is 1.94. The van der Waals surface area contributed by atoms with Crippen LogP contribution in [0.5, 0.6) is 0 Å². The molecule has 0 saturated heterocycles. The summed E-state index contributed by atoms with van der Waals surface area (Å²) in [5.41, 5.74) is 7.84. The summed E-state index contributed by atoms with van der Waals surface area (Å²) in [5, 5.41) is 12.7. The molecule has 0 fully saturated rings. The number of nitro benzene ring substituents is 1. The van der Waals surface area contributed by atoms with Crippen molar-refractivity contribution in [3.8, 4) is 0 Å². The Morgan fingerprint density at radius 2 is 1.83 bits per heavy atom. The minimum Gasteiger partial charge on any atom is -0.398 e. The van der Waals surface area contributed by atoms with Crippen molar-refractivity contribution < 1.29 is 4.92 Å². The number of nitrogens with two attached hydrogens (primary N) is 1. The van der Waals surface area contributed by atoms with Crippen molar-refractivity contribution in [2.45, 2.75) is 13.8 Å². The molecule has 92 valence electrons. The van der Waals surface area contributed by atoms with Crippen LogP contribution in [0.4, 0.5) is 5.69 Å². The minimum atomic E-state index is -0.368. The summed E-state index contributed by atoms with van der Waals surface area (Å²) in [6, 6.07) is 10.8. The average molecular weight is 242 g/mol. The number of benzene rings is 2. The Morgan fingerprint density at radius 3 is 2.44 bits per heavy atom. The minimum absolute atomic E-state index is 0.0757. The van der Waals surface area contributed by atoms with Gasteiger partial charge in [-0.25, -0.2) is 0 Å². The van der Waals surface area contributed by atoms with Crippen molar-refractivity contribution in [3.63, 3.8) is 0 Å². The predicted molar refractivity (Wildman–Crippen MR) is 73.1 cm³/mol. The van der Waals surface area contributed by atoms with Gasteiger partial charge >= 0.3 is 0 Å². The first-order chi connectivity index (χ1) is 8.52. The topological polar surface area (TPSA) is 69.2 Å². The maximum absolute atomic E-state index is 11.3. The Balaban J connectivity index is 2.88. The number of nitrogens with zero attached hydrogens (tertiary/aromatic N) is 1. The SMILES string of the molecule is CC(C)=C(N)c1ccc2ccccc2c1[N+](=O)[O-]. The number of allylic oxidation sites excluding steroid dienone is 1. The van der Waals surface area contributed by atoms with E-state index in [9.17, 15) is 10.1 Å². The lowest BCUT2D eigenvalue weighted by Crippen LogP contribution is -2.03. The summed E-state index contributed by atoms with van der Waals surface area (Å²) in [7, 11) is 0. The Morgan fingerprint density at radius 1 is 1.17 bits per heavy atom. The maximum Gasteiger partial charge on any atom is 0.286 e. The first kappa shape index (κ1) is 12.1. The van der Waals surface area contributed by atoms with Gasteiger partial charge in [0, 0.05) is 5.70 Å². The third-order valence-electron chi connectivity index (χ3n) is 2.91. The van der Waals surface area contributed by atoms with Crippen LogP contribution in [0.25, 0.3) is 16.5 Å². The molecule has 0 radical (unpaired) electrons. The van der Waals surface area contributed by atoms with E-state index in [0.717, 1.165) is 11.0 Å². The first-order valence-corrected chi connectivity index (χ1v) is 5.62. The van der Waals surface area contributed by atoms with Crippen molar-refractivity contribution in [2.75, 3.05) is 0 Å². The lowest BCUT2D eigenvalue weighted by Gasteiger charge is -2.08. The maximum atomic E-state index is 11.3. The molecule has 2 aromatic carbocycles. The van der Waals surface area contributed by atoms with Gasteiger partial charge in [-0.1, -0.05) is 29.8 Å². The molecule has 0 atom stereocenters. The second kappa shape index (κ2) is 4.49. The van der Waals surface area contributed by atoms with Gasteiger partial charge in [0.1, 0.15) is 0 Å². The van der Waals surface area contributed by atoms with Crippen molar-refractivity contribution in [2.24, 2.45) is 5.73 Å². The highest BCUT2D eigenvalue weighted by Crippen LogP contribution is 2.32. The molecule has 2 N–H and O–H groups in total. The summed E-state index contributed by atoms with van der Waals surface area (Å²) in [5.74, 6) is 0. The van der Waals surface area contributed by atoms with E-state index in [1.54, 1.807) is 18.2 Å². The summed E-state index contributed by atoms with van der Waals surface area (Å²) >= 11 is 0. The zero-order valence-electron chi connectivity index (χ0n) is 10.3. The third kappa shape index (κ3) is 1.93. The van der Waals surface area contributed by atoms with Crippen molar-refractivity contribution in [1.29, 1.82) is 0 Å². The van der Waals surface area contributed by atoms with Gasteiger partial charge in [-0.3, -0.25) is 10.1 Å². The molecule has 0 heterocycles. The Bertz CT molecular complexity index is 656. The van der Waals surface area contributed by atoms with E-state index >= 15 is 0 Å². The summed E-state index contributed by atoms with van der Waals surface area (Å²) in [4.78, 5) is 10.9. The molecule has 18 heavy (non-hydrogen) atoms. The highest BCUT2D eigenvalue weighted by molar-refractivity contribution is 5.96. The second-order valence-corrected chi connectivity index (χ2v) is 4.35. The van der Waals surface area contributed by atoms with Crippen LogP contribution in [0.15, 0.2) is 42.0 Å². The van der Waals surface area contributed by atoms with Crippen LogP contribution in [-0.4, -0.2) is 4.92 Å². The number of rotatable bonds is 2. The van der Waals surface area contributed by atoms with Gasteiger partial charge in [-0.05, 0) is 31.4 Å². The second-order valence-electron chi connectivity index (χ2n) is 4.35. The van der Waals surface area contributed by atoms with E-state index in [1.807, 2.05) is 32.0 Å². The Kier molecular flexibility index (Phi) is 3.02. The molecule has 0 aliphatic carbocycles. The van der Waals surface area contributed by atoms with Gasteiger partial charge in [0.05, 0.1) is 15.9 Å². The number of hydrogen-bond acceptors (Lipinski definition) is 3. The van der Waals surface area contributed by atoms with Crippen LogP contribution in [0.2, 0.25) is 0 Å². The zero-order chi connectivity index (χ0) is 13.3. The molecule has 0 spiro atoms. The Labute approximate surface area is 105 Å². The van der Waals surface area contributed by atoms with Crippen LogP contribution in [0.3, 0.4) is 0 Å². The molecule has 0 amide bonds. The molecule has 0 bridgehead atoms. The molecular formula is C14H14N2O2. The van der Waals surface area contributed by atoms with Gasteiger partial charge < -0.3 is 5.73 Å². The van der Waals surface area contributed by atoms with Crippen molar-refractivity contribution in [1.82, 2.24) is 0 Å². The van der Waals surface area contributed by atoms with E-state index in [1.165, 1.54) is 0 Å². The van der Waals surface area contributed by atoms with Crippen LogP contribution >= 0.6 is 0 Å². The molecule has 0 unspecified atom stereocenters. The molecule has 0 aromatic heterocycles. The van der Waals surface area contributed by atoms with Gasteiger partial charge in [0.2, 0.25) is 0 Å². The quantitative estimate of drug-likeness (QED) is 0.647. The van der Waals surface area contributed by atoms with E-state index in [0.29, 0.717) is 16.6 Å².